The van der Waals surface area contributed by atoms with Crippen molar-refractivity contribution >= 4 is 5.91 Å². The summed E-state index contributed by atoms with van der Waals surface area (Å²) >= 11 is 0. The maximum Gasteiger partial charge on any atom is 0.222 e. The lowest BCUT2D eigenvalue weighted by atomic mass is 9.88. The van der Waals surface area contributed by atoms with Gasteiger partial charge in [-0.05, 0) is 36.5 Å². The number of carbonyl (C=O) groups excluding carboxylic acids is 1. The Hall–Kier alpha value is -2.53. The van der Waals surface area contributed by atoms with Crippen molar-refractivity contribution in [3.05, 3.63) is 34.9 Å². The zero-order valence-electron chi connectivity index (χ0n) is 13.3. The summed E-state index contributed by atoms with van der Waals surface area (Å²) in [5.41, 5.74) is 2.92. The summed E-state index contributed by atoms with van der Waals surface area (Å²) in [7, 11) is 0. The number of nitrogens with zero attached hydrogens (tertiary/aromatic N) is 4. The molecule has 1 atom stereocenters. The Morgan fingerprint density at radius 1 is 1.30 bits per heavy atom. The van der Waals surface area contributed by atoms with Gasteiger partial charge in [0.1, 0.15) is 0 Å². The molecule has 2 heterocycles. The molecule has 2 fully saturated rings. The Labute approximate surface area is 136 Å². The van der Waals surface area contributed by atoms with E-state index in [1.807, 2.05) is 24.0 Å². The first-order valence-corrected chi connectivity index (χ1v) is 8.03. The van der Waals surface area contributed by atoms with Crippen molar-refractivity contribution in [1.82, 2.24) is 9.80 Å². The van der Waals surface area contributed by atoms with Crippen molar-refractivity contribution in [3.8, 4) is 12.3 Å². The van der Waals surface area contributed by atoms with Crippen LogP contribution in [0.15, 0.2) is 18.2 Å². The molecule has 1 aromatic rings. The summed E-state index contributed by atoms with van der Waals surface area (Å²) in [6, 6.07) is 8.11. The molecule has 0 saturated carbocycles. The molecule has 2 aliphatic heterocycles. The molecule has 1 aromatic carbocycles. The number of carbonyl (C=O) groups is 1. The monoisotopic (exact) mass is 308 g/mol. The number of amides is 1. The van der Waals surface area contributed by atoms with Crippen LogP contribution in [-0.2, 0) is 4.79 Å². The van der Waals surface area contributed by atoms with Crippen molar-refractivity contribution in [2.45, 2.75) is 25.7 Å². The quantitative estimate of drug-likeness (QED) is 0.801. The van der Waals surface area contributed by atoms with Gasteiger partial charge in [-0.3, -0.25) is 4.79 Å². The van der Waals surface area contributed by atoms with Gasteiger partial charge in [0, 0.05) is 38.5 Å². The maximum absolute atomic E-state index is 12.3. The first-order chi connectivity index (χ1) is 11.1. The molecule has 23 heavy (non-hydrogen) atoms. The molecule has 0 aromatic heterocycles. The lowest BCUT2D eigenvalue weighted by molar-refractivity contribution is -0.136. The normalized spacial score (nSPS) is 20.7. The van der Waals surface area contributed by atoms with Gasteiger partial charge < -0.3 is 9.80 Å². The SMILES string of the molecule is Cc1cc(C2CN(C(=O)C[C@H]3CCN(C#N)C3)C2)ccc1C#N. The maximum atomic E-state index is 12.3. The highest BCUT2D eigenvalue weighted by molar-refractivity contribution is 5.77. The van der Waals surface area contributed by atoms with Gasteiger partial charge in [-0.1, -0.05) is 12.1 Å². The number of likely N-dealkylation sites (tertiary alicyclic amines) is 2. The molecule has 0 N–H and O–H groups in total. The van der Waals surface area contributed by atoms with Crippen molar-refractivity contribution in [1.29, 1.82) is 10.5 Å². The van der Waals surface area contributed by atoms with E-state index >= 15 is 0 Å². The third-order valence-corrected chi connectivity index (χ3v) is 4.97. The third kappa shape index (κ3) is 3.14. The minimum absolute atomic E-state index is 0.205. The molecule has 3 rings (SSSR count). The zero-order valence-corrected chi connectivity index (χ0v) is 13.3. The first-order valence-electron chi connectivity index (χ1n) is 8.03. The van der Waals surface area contributed by atoms with E-state index in [1.165, 1.54) is 5.56 Å². The number of aryl methyl sites for hydroxylation is 1. The van der Waals surface area contributed by atoms with Gasteiger partial charge >= 0.3 is 0 Å². The molecule has 118 valence electrons. The molecule has 2 saturated heterocycles. The van der Waals surface area contributed by atoms with Crippen molar-refractivity contribution in [2.24, 2.45) is 5.92 Å². The van der Waals surface area contributed by atoms with E-state index in [0.29, 0.717) is 30.4 Å². The fourth-order valence-corrected chi connectivity index (χ4v) is 3.43. The highest BCUT2D eigenvalue weighted by Crippen LogP contribution is 2.30. The molecule has 0 spiro atoms. The van der Waals surface area contributed by atoms with Gasteiger partial charge in [0.2, 0.25) is 5.91 Å². The third-order valence-electron chi connectivity index (χ3n) is 4.97. The summed E-state index contributed by atoms with van der Waals surface area (Å²) in [6.07, 6.45) is 3.64. The average molecular weight is 308 g/mol. The van der Waals surface area contributed by atoms with E-state index < -0.39 is 0 Å². The largest absolute Gasteiger partial charge is 0.341 e. The average Bonchev–Trinajstić information content (AvgIpc) is 2.93. The van der Waals surface area contributed by atoms with Crippen LogP contribution < -0.4 is 0 Å². The molecule has 5 nitrogen and oxygen atoms in total. The Balaban J connectivity index is 1.51. The van der Waals surface area contributed by atoms with Crippen LogP contribution in [0.5, 0.6) is 0 Å². The lowest BCUT2D eigenvalue weighted by Gasteiger charge is -2.40. The second-order valence-electron chi connectivity index (χ2n) is 6.59. The Bertz CT molecular complexity index is 694. The van der Waals surface area contributed by atoms with Gasteiger partial charge in [0.25, 0.3) is 0 Å². The molecule has 1 amide bonds. The van der Waals surface area contributed by atoms with E-state index in [0.717, 1.165) is 31.6 Å². The van der Waals surface area contributed by atoms with E-state index in [1.54, 1.807) is 4.90 Å². The summed E-state index contributed by atoms with van der Waals surface area (Å²) in [5.74, 6) is 0.902. The predicted molar refractivity (Wildman–Crippen MR) is 85.1 cm³/mol. The second kappa shape index (κ2) is 6.30. The summed E-state index contributed by atoms with van der Waals surface area (Å²) in [6.45, 7) is 4.97. The second-order valence-corrected chi connectivity index (χ2v) is 6.59. The van der Waals surface area contributed by atoms with Gasteiger partial charge in [0.15, 0.2) is 6.19 Å². The summed E-state index contributed by atoms with van der Waals surface area (Å²) in [4.78, 5) is 15.9. The molecule has 5 heteroatoms. The molecular weight excluding hydrogens is 288 g/mol. The Kier molecular flexibility index (Phi) is 4.21. The Morgan fingerprint density at radius 3 is 2.70 bits per heavy atom. The fraction of sp³-hybridized carbons (Fsp3) is 0.500. The smallest absolute Gasteiger partial charge is 0.222 e. The minimum Gasteiger partial charge on any atom is -0.341 e. The van der Waals surface area contributed by atoms with E-state index in [9.17, 15) is 4.79 Å². The van der Waals surface area contributed by atoms with Crippen LogP contribution in [0, 0.1) is 35.6 Å². The van der Waals surface area contributed by atoms with E-state index in [4.69, 9.17) is 10.5 Å². The van der Waals surface area contributed by atoms with Gasteiger partial charge in [-0.15, -0.1) is 0 Å². The standard InChI is InChI=1S/C18H20N4O/c1-13-6-15(2-3-16(13)8-19)17-10-22(11-17)18(23)7-14-4-5-21(9-14)12-20/h2-3,6,14,17H,4-5,7,9-11H2,1H3/t14-/m1/s1. The van der Waals surface area contributed by atoms with Crippen molar-refractivity contribution in [2.75, 3.05) is 26.2 Å². The molecule has 0 radical (unpaired) electrons. The van der Waals surface area contributed by atoms with E-state index in [2.05, 4.69) is 18.3 Å². The highest BCUT2D eigenvalue weighted by atomic mass is 16.2. The topological polar surface area (TPSA) is 71.1 Å². The van der Waals surface area contributed by atoms with Crippen molar-refractivity contribution < 1.29 is 4.79 Å². The Morgan fingerprint density at radius 2 is 2.09 bits per heavy atom. The van der Waals surface area contributed by atoms with Crippen LogP contribution in [0.3, 0.4) is 0 Å². The molecular formula is C18H20N4O. The van der Waals surface area contributed by atoms with E-state index in [-0.39, 0.29) is 5.91 Å². The predicted octanol–water partition coefficient (Wildman–Crippen LogP) is 1.99. The van der Waals surface area contributed by atoms with Crippen LogP contribution in [0.25, 0.3) is 0 Å². The van der Waals surface area contributed by atoms with Crippen LogP contribution >= 0.6 is 0 Å². The fourth-order valence-electron chi connectivity index (χ4n) is 3.43. The van der Waals surface area contributed by atoms with Gasteiger partial charge in [-0.2, -0.15) is 10.5 Å². The molecule has 2 aliphatic rings. The molecule has 0 bridgehead atoms. The number of rotatable bonds is 3. The highest BCUT2D eigenvalue weighted by Gasteiger charge is 2.34. The number of benzene rings is 1. The van der Waals surface area contributed by atoms with Crippen LogP contribution in [0.1, 0.15) is 35.4 Å². The number of hydrogen-bond donors (Lipinski definition) is 0. The van der Waals surface area contributed by atoms with Crippen molar-refractivity contribution in [3.63, 3.8) is 0 Å². The van der Waals surface area contributed by atoms with Gasteiger partial charge in [-0.25, -0.2) is 0 Å². The minimum atomic E-state index is 0.205. The zero-order chi connectivity index (χ0) is 16.4. The first kappa shape index (κ1) is 15.4. The summed E-state index contributed by atoms with van der Waals surface area (Å²) < 4.78 is 0. The van der Waals surface area contributed by atoms with Crippen LogP contribution in [0.4, 0.5) is 0 Å². The number of nitriles is 2. The lowest BCUT2D eigenvalue weighted by Crippen LogP contribution is -2.49. The molecule has 0 unspecified atom stereocenters. The summed E-state index contributed by atoms with van der Waals surface area (Å²) in [5, 5.41) is 17.8. The molecule has 0 aliphatic carbocycles. The van der Waals surface area contributed by atoms with Crippen LogP contribution in [0.2, 0.25) is 0 Å². The van der Waals surface area contributed by atoms with Crippen LogP contribution in [-0.4, -0.2) is 41.9 Å². The van der Waals surface area contributed by atoms with Gasteiger partial charge in [0.05, 0.1) is 11.6 Å². The number of hydrogen-bond acceptors (Lipinski definition) is 4.